The van der Waals surface area contributed by atoms with Crippen LogP contribution in [0.2, 0.25) is 0 Å². The lowest BCUT2D eigenvalue weighted by atomic mass is 9.65. The first-order valence-corrected chi connectivity index (χ1v) is 22.7. The highest BCUT2D eigenvalue weighted by molar-refractivity contribution is 7.25. The van der Waals surface area contributed by atoms with Gasteiger partial charge in [0.2, 0.25) is 0 Å². The molecule has 0 bridgehead atoms. The molecule has 2 aromatic heterocycles. The van der Waals surface area contributed by atoms with E-state index in [1.165, 1.54) is 81.0 Å². The maximum Gasteiger partial charge on any atom is 0.0701 e. The minimum Gasteiger partial charge on any atom is -0.310 e. The fourth-order valence-corrected chi connectivity index (χ4v) is 11.1. The number of aromatic nitrogens is 1. The Labute approximate surface area is 377 Å². The van der Waals surface area contributed by atoms with E-state index in [-0.39, 0.29) is 0 Å². The summed E-state index contributed by atoms with van der Waals surface area (Å²) < 4.78 is 4.97. The molecule has 302 valence electrons. The van der Waals surface area contributed by atoms with Crippen molar-refractivity contribution >= 4 is 70.4 Å². The molecule has 0 saturated heterocycles. The molecule has 12 aromatic rings. The van der Waals surface area contributed by atoms with Crippen molar-refractivity contribution < 1.29 is 0 Å². The van der Waals surface area contributed by atoms with Gasteiger partial charge in [-0.2, -0.15) is 0 Å². The van der Waals surface area contributed by atoms with Crippen molar-refractivity contribution in [1.29, 1.82) is 0 Å². The number of fused-ring (bicyclic) bond motifs is 6. The number of hydrogen-bond acceptors (Lipinski definition) is 2. The molecule has 2 heterocycles. The zero-order valence-corrected chi connectivity index (χ0v) is 35.9. The fraction of sp³-hybridized carbons (Fsp3) is 0.0164. The summed E-state index contributed by atoms with van der Waals surface area (Å²) >= 11 is 1.85. The van der Waals surface area contributed by atoms with E-state index in [1.807, 2.05) is 11.3 Å². The molecule has 0 amide bonds. The molecule has 0 aliphatic carbocycles. The monoisotopic (exact) mass is 834 g/mol. The molecule has 64 heavy (non-hydrogen) atoms. The van der Waals surface area contributed by atoms with Crippen LogP contribution in [0, 0.1) is 0 Å². The Kier molecular flexibility index (Phi) is 9.28. The maximum absolute atomic E-state index is 2.41. The Morgan fingerprint density at radius 1 is 0.312 bits per heavy atom. The van der Waals surface area contributed by atoms with Gasteiger partial charge in [0, 0.05) is 53.7 Å². The van der Waals surface area contributed by atoms with Crippen LogP contribution in [0.15, 0.2) is 255 Å². The van der Waals surface area contributed by atoms with Gasteiger partial charge >= 0.3 is 0 Å². The van der Waals surface area contributed by atoms with Gasteiger partial charge in [-0.3, -0.25) is 0 Å². The smallest absolute Gasteiger partial charge is 0.0701 e. The van der Waals surface area contributed by atoms with Gasteiger partial charge in [-0.25, -0.2) is 0 Å². The van der Waals surface area contributed by atoms with Crippen LogP contribution < -0.4 is 4.90 Å². The summed E-state index contributed by atoms with van der Waals surface area (Å²) in [7, 11) is 0. The minimum atomic E-state index is -0.530. The Balaban J connectivity index is 0.997. The second kappa shape index (κ2) is 15.7. The summed E-state index contributed by atoms with van der Waals surface area (Å²) in [5.41, 5.74) is 13.6. The van der Waals surface area contributed by atoms with Crippen molar-refractivity contribution in [2.75, 3.05) is 4.90 Å². The number of hydrogen-bond donors (Lipinski definition) is 0. The molecule has 0 aliphatic rings. The van der Waals surface area contributed by atoms with E-state index >= 15 is 0 Å². The van der Waals surface area contributed by atoms with E-state index in [1.54, 1.807) is 0 Å². The van der Waals surface area contributed by atoms with Crippen LogP contribution in [0.25, 0.3) is 58.8 Å². The van der Waals surface area contributed by atoms with E-state index in [0.717, 1.165) is 17.1 Å². The Bertz CT molecular complexity index is 3480. The molecule has 12 rings (SSSR count). The average Bonchev–Trinajstić information content (AvgIpc) is 3.91. The summed E-state index contributed by atoms with van der Waals surface area (Å²) in [6, 6.07) is 93.2. The zero-order valence-electron chi connectivity index (χ0n) is 35.1. The lowest BCUT2D eigenvalue weighted by molar-refractivity contribution is 0.745. The molecule has 0 saturated carbocycles. The molecular weight excluding hydrogens is 793 g/mol. The predicted molar refractivity (Wildman–Crippen MR) is 272 cm³/mol. The van der Waals surface area contributed by atoms with Gasteiger partial charge in [0.25, 0.3) is 0 Å². The van der Waals surface area contributed by atoms with Crippen molar-refractivity contribution in [3.63, 3.8) is 0 Å². The van der Waals surface area contributed by atoms with Crippen molar-refractivity contribution in [2.24, 2.45) is 0 Å². The Morgan fingerprint density at radius 2 is 0.781 bits per heavy atom. The molecule has 0 N–H and O–H groups in total. The van der Waals surface area contributed by atoms with Gasteiger partial charge in [-0.05, 0) is 112 Å². The molecular formula is C61H42N2S. The van der Waals surface area contributed by atoms with Crippen molar-refractivity contribution in [3.05, 3.63) is 277 Å². The third-order valence-electron chi connectivity index (χ3n) is 12.9. The topological polar surface area (TPSA) is 8.17 Å². The molecule has 0 atom stereocenters. The van der Waals surface area contributed by atoms with Crippen LogP contribution in [-0.2, 0) is 5.41 Å². The third-order valence-corrected chi connectivity index (χ3v) is 14.1. The number of nitrogens with zero attached hydrogens (tertiary/aromatic N) is 2. The standard InChI is InChI=1S/C61H42N2S/c1-5-17-45(18-6-1)61(46-19-7-2-8-20-46,47-21-9-3-10-22-47)48-32-36-51(37-33-48)62(52-38-40-60-56(42-52)54-26-14-16-28-59(54)64-60)50-34-29-43(30-35-50)44-31-39-58-55(41-44)53-25-13-15-27-57(53)63(58)49-23-11-4-12-24-49/h1-42H. The molecule has 10 aromatic carbocycles. The van der Waals surface area contributed by atoms with E-state index < -0.39 is 5.41 Å². The number of anilines is 3. The lowest BCUT2D eigenvalue weighted by Crippen LogP contribution is -2.31. The first-order valence-electron chi connectivity index (χ1n) is 21.9. The highest BCUT2D eigenvalue weighted by atomic mass is 32.1. The van der Waals surface area contributed by atoms with E-state index in [2.05, 4.69) is 264 Å². The minimum absolute atomic E-state index is 0.530. The van der Waals surface area contributed by atoms with Crippen molar-refractivity contribution in [2.45, 2.75) is 5.41 Å². The first kappa shape index (κ1) is 37.8. The van der Waals surface area contributed by atoms with Gasteiger partial charge in [-0.15, -0.1) is 11.3 Å². The number of benzene rings is 10. The van der Waals surface area contributed by atoms with Crippen molar-refractivity contribution in [3.8, 4) is 16.8 Å². The molecule has 0 unspecified atom stereocenters. The van der Waals surface area contributed by atoms with Crippen LogP contribution in [-0.4, -0.2) is 4.57 Å². The summed E-state index contributed by atoms with van der Waals surface area (Å²) in [4.78, 5) is 2.41. The molecule has 0 fully saturated rings. The molecule has 0 spiro atoms. The number of rotatable bonds is 9. The summed E-state index contributed by atoms with van der Waals surface area (Å²) in [5, 5.41) is 5.06. The van der Waals surface area contributed by atoms with Gasteiger partial charge in [0.05, 0.1) is 16.4 Å². The zero-order chi connectivity index (χ0) is 42.5. The maximum atomic E-state index is 2.41. The molecule has 0 aliphatic heterocycles. The third kappa shape index (κ3) is 6.24. The highest BCUT2D eigenvalue weighted by Gasteiger charge is 2.38. The fourth-order valence-electron chi connectivity index (χ4n) is 10.0. The summed E-state index contributed by atoms with van der Waals surface area (Å²) in [6.07, 6.45) is 0. The van der Waals surface area contributed by atoms with E-state index in [4.69, 9.17) is 0 Å². The largest absolute Gasteiger partial charge is 0.310 e. The second-order valence-corrected chi connectivity index (χ2v) is 17.6. The SMILES string of the molecule is c1ccc(-n2c3ccccc3c3cc(-c4ccc(N(c5ccc(C(c6ccccc6)(c6ccccc6)c6ccccc6)cc5)c5ccc6sc7ccccc7c6c5)cc4)ccc32)cc1. The molecule has 3 heteroatoms. The second-order valence-electron chi connectivity index (χ2n) is 16.5. The van der Waals surface area contributed by atoms with Gasteiger partial charge in [0.1, 0.15) is 0 Å². The van der Waals surface area contributed by atoms with Crippen LogP contribution >= 0.6 is 11.3 Å². The van der Waals surface area contributed by atoms with Crippen LogP contribution in [0.4, 0.5) is 17.1 Å². The molecule has 2 nitrogen and oxygen atoms in total. The quantitative estimate of drug-likeness (QED) is 0.132. The Morgan fingerprint density at radius 3 is 1.42 bits per heavy atom. The average molecular weight is 835 g/mol. The predicted octanol–water partition coefficient (Wildman–Crippen LogP) is 16.7. The number of thiophene rings is 1. The lowest BCUT2D eigenvalue weighted by Gasteiger charge is -2.37. The Hall–Kier alpha value is -7.98. The van der Waals surface area contributed by atoms with E-state index in [9.17, 15) is 0 Å². The van der Waals surface area contributed by atoms with Crippen molar-refractivity contribution in [1.82, 2.24) is 4.57 Å². The highest BCUT2D eigenvalue weighted by Crippen LogP contribution is 2.47. The van der Waals surface area contributed by atoms with Gasteiger partial charge in [-0.1, -0.05) is 176 Å². The normalized spacial score (nSPS) is 11.8. The number of para-hydroxylation sites is 2. The summed E-state index contributed by atoms with van der Waals surface area (Å²) in [5.74, 6) is 0. The first-order chi connectivity index (χ1) is 31.7. The molecule has 0 radical (unpaired) electrons. The van der Waals surface area contributed by atoms with Gasteiger partial charge < -0.3 is 9.47 Å². The van der Waals surface area contributed by atoms with E-state index in [0.29, 0.717) is 0 Å². The van der Waals surface area contributed by atoms with Gasteiger partial charge in [0.15, 0.2) is 0 Å². The van der Waals surface area contributed by atoms with Crippen LogP contribution in [0.3, 0.4) is 0 Å². The van der Waals surface area contributed by atoms with Crippen LogP contribution in [0.1, 0.15) is 22.3 Å². The van der Waals surface area contributed by atoms with Crippen LogP contribution in [0.5, 0.6) is 0 Å². The summed E-state index contributed by atoms with van der Waals surface area (Å²) in [6.45, 7) is 0.